The topological polar surface area (TPSA) is 38.7 Å². The molecule has 0 radical (unpaired) electrons. The third-order valence-corrected chi connectivity index (χ3v) is 4.78. The number of aliphatic hydroxyl groups excluding tert-OH is 1. The van der Waals surface area contributed by atoms with Gasteiger partial charge in [-0.2, -0.15) is 0 Å². The minimum Gasteiger partial charge on any atom is -0.496 e. The van der Waals surface area contributed by atoms with Gasteiger partial charge in [0, 0.05) is 10.0 Å². The van der Waals surface area contributed by atoms with Gasteiger partial charge in [-0.25, -0.2) is 0 Å². The number of halogens is 2. The molecular formula is C16H16Br2O3. The van der Waals surface area contributed by atoms with Crippen LogP contribution in [0.15, 0.2) is 39.3 Å². The van der Waals surface area contributed by atoms with Crippen LogP contribution in [0.4, 0.5) is 0 Å². The third-order valence-electron chi connectivity index (χ3n) is 3.31. The van der Waals surface area contributed by atoms with Crippen LogP contribution in [0.3, 0.4) is 0 Å². The van der Waals surface area contributed by atoms with Crippen LogP contribution >= 0.6 is 31.9 Å². The zero-order chi connectivity index (χ0) is 15.6. The Balaban J connectivity index is 2.50. The summed E-state index contributed by atoms with van der Waals surface area (Å²) in [4.78, 5) is 0. The molecule has 0 bridgehead atoms. The number of benzene rings is 2. The first-order chi connectivity index (χ1) is 9.97. The Bertz CT molecular complexity index is 656. The maximum absolute atomic E-state index is 10.7. The second-order valence-electron chi connectivity index (χ2n) is 4.64. The largest absolute Gasteiger partial charge is 0.496 e. The number of methoxy groups -OCH3 is 2. The van der Waals surface area contributed by atoms with Crippen LogP contribution in [0, 0.1) is 6.92 Å². The average molecular weight is 416 g/mol. The van der Waals surface area contributed by atoms with E-state index in [4.69, 9.17) is 9.47 Å². The molecule has 2 rings (SSSR count). The Morgan fingerprint density at radius 2 is 1.62 bits per heavy atom. The molecule has 0 fully saturated rings. The average Bonchev–Trinajstić information content (AvgIpc) is 2.49. The van der Waals surface area contributed by atoms with Gasteiger partial charge in [-0.15, -0.1) is 0 Å². The minimum atomic E-state index is -0.793. The highest BCUT2D eigenvalue weighted by molar-refractivity contribution is 9.10. The van der Waals surface area contributed by atoms with Gasteiger partial charge in [0.2, 0.25) is 0 Å². The summed E-state index contributed by atoms with van der Waals surface area (Å²) in [7, 11) is 3.17. The van der Waals surface area contributed by atoms with Crippen LogP contribution in [-0.4, -0.2) is 19.3 Å². The molecule has 21 heavy (non-hydrogen) atoms. The Kier molecular flexibility index (Phi) is 5.30. The Hall–Kier alpha value is -1.04. The molecule has 2 aromatic rings. The maximum atomic E-state index is 10.7. The highest BCUT2D eigenvalue weighted by atomic mass is 79.9. The normalized spacial score (nSPS) is 12.1. The summed E-state index contributed by atoms with van der Waals surface area (Å²) in [5.41, 5.74) is 2.56. The number of aryl methyl sites for hydroxylation is 1. The van der Waals surface area contributed by atoms with Crippen molar-refractivity contribution in [1.82, 2.24) is 0 Å². The lowest BCUT2D eigenvalue weighted by molar-refractivity contribution is 0.214. The van der Waals surface area contributed by atoms with Crippen molar-refractivity contribution < 1.29 is 14.6 Å². The summed E-state index contributed by atoms with van der Waals surface area (Å²) >= 11 is 6.90. The van der Waals surface area contributed by atoms with Crippen LogP contribution in [0.5, 0.6) is 11.5 Å². The zero-order valence-corrected chi connectivity index (χ0v) is 15.2. The highest BCUT2D eigenvalue weighted by Crippen LogP contribution is 2.38. The van der Waals surface area contributed by atoms with Gasteiger partial charge in [0.1, 0.15) is 17.6 Å². The van der Waals surface area contributed by atoms with Crippen LogP contribution in [0.1, 0.15) is 22.8 Å². The van der Waals surface area contributed by atoms with E-state index in [2.05, 4.69) is 31.9 Å². The van der Waals surface area contributed by atoms with Crippen molar-refractivity contribution >= 4 is 31.9 Å². The lowest BCUT2D eigenvalue weighted by Crippen LogP contribution is -2.04. The highest BCUT2D eigenvalue weighted by Gasteiger charge is 2.19. The van der Waals surface area contributed by atoms with Gasteiger partial charge in [-0.05, 0) is 52.2 Å². The van der Waals surface area contributed by atoms with E-state index in [1.165, 1.54) is 0 Å². The van der Waals surface area contributed by atoms with E-state index in [0.717, 1.165) is 20.1 Å². The second kappa shape index (κ2) is 6.81. The number of aliphatic hydroxyl groups is 1. The van der Waals surface area contributed by atoms with Gasteiger partial charge in [0.25, 0.3) is 0 Å². The van der Waals surface area contributed by atoms with Crippen LogP contribution in [0.2, 0.25) is 0 Å². The first-order valence-corrected chi connectivity index (χ1v) is 7.92. The van der Waals surface area contributed by atoms with Gasteiger partial charge in [-0.1, -0.05) is 28.1 Å². The monoisotopic (exact) mass is 414 g/mol. The fourth-order valence-electron chi connectivity index (χ4n) is 2.06. The summed E-state index contributed by atoms with van der Waals surface area (Å²) < 4.78 is 12.4. The molecule has 0 saturated carbocycles. The summed E-state index contributed by atoms with van der Waals surface area (Å²) in [6, 6.07) is 9.35. The predicted octanol–water partition coefficient (Wildman–Crippen LogP) is 4.62. The standard InChI is InChI=1S/C16H16Br2O3/c1-9-4-5-10(6-12(9)17)16(19)11-7-15(21-3)13(18)8-14(11)20-2/h4-8,16,19H,1-3H3. The van der Waals surface area contributed by atoms with Crippen molar-refractivity contribution in [1.29, 1.82) is 0 Å². The molecule has 0 spiro atoms. The minimum absolute atomic E-state index is 0.604. The maximum Gasteiger partial charge on any atom is 0.133 e. The van der Waals surface area contributed by atoms with Crippen molar-refractivity contribution in [2.24, 2.45) is 0 Å². The summed E-state index contributed by atoms with van der Waals surface area (Å²) in [6.07, 6.45) is -0.793. The summed E-state index contributed by atoms with van der Waals surface area (Å²) in [6.45, 7) is 2.00. The first-order valence-electron chi connectivity index (χ1n) is 6.33. The van der Waals surface area contributed by atoms with Crippen molar-refractivity contribution in [3.63, 3.8) is 0 Å². The zero-order valence-electron chi connectivity index (χ0n) is 12.0. The van der Waals surface area contributed by atoms with Crippen molar-refractivity contribution in [3.05, 3.63) is 56.0 Å². The Labute approximate surface area is 141 Å². The number of hydrogen-bond donors (Lipinski definition) is 1. The molecule has 1 unspecified atom stereocenters. The molecule has 0 aromatic heterocycles. The van der Waals surface area contributed by atoms with Gasteiger partial charge in [0.15, 0.2) is 0 Å². The van der Waals surface area contributed by atoms with Crippen LogP contribution < -0.4 is 9.47 Å². The number of ether oxygens (including phenoxy) is 2. The molecule has 0 heterocycles. The molecule has 3 nitrogen and oxygen atoms in total. The van der Waals surface area contributed by atoms with E-state index >= 15 is 0 Å². The summed E-state index contributed by atoms with van der Waals surface area (Å²) in [5, 5.41) is 10.7. The second-order valence-corrected chi connectivity index (χ2v) is 6.35. The van der Waals surface area contributed by atoms with E-state index < -0.39 is 6.10 Å². The molecule has 0 saturated heterocycles. The van der Waals surface area contributed by atoms with Crippen LogP contribution in [-0.2, 0) is 0 Å². The lowest BCUT2D eigenvalue weighted by Gasteiger charge is -2.18. The van der Waals surface area contributed by atoms with Crippen LogP contribution in [0.25, 0.3) is 0 Å². The quantitative estimate of drug-likeness (QED) is 0.791. The number of rotatable bonds is 4. The third kappa shape index (κ3) is 3.42. The molecule has 1 atom stereocenters. The smallest absolute Gasteiger partial charge is 0.133 e. The molecule has 0 aliphatic carbocycles. The van der Waals surface area contributed by atoms with Gasteiger partial charge in [-0.3, -0.25) is 0 Å². The molecule has 1 N–H and O–H groups in total. The summed E-state index contributed by atoms with van der Waals surface area (Å²) in [5.74, 6) is 1.25. The molecule has 0 aliphatic heterocycles. The van der Waals surface area contributed by atoms with Crippen molar-refractivity contribution in [3.8, 4) is 11.5 Å². The Morgan fingerprint density at radius 3 is 2.19 bits per heavy atom. The van der Waals surface area contributed by atoms with E-state index in [1.54, 1.807) is 26.4 Å². The van der Waals surface area contributed by atoms with E-state index in [9.17, 15) is 5.11 Å². The fourth-order valence-corrected chi connectivity index (χ4v) is 2.94. The molecule has 112 valence electrons. The lowest BCUT2D eigenvalue weighted by atomic mass is 9.99. The van der Waals surface area contributed by atoms with E-state index in [1.807, 2.05) is 25.1 Å². The van der Waals surface area contributed by atoms with Gasteiger partial charge >= 0.3 is 0 Å². The first kappa shape index (κ1) is 16.3. The predicted molar refractivity (Wildman–Crippen MR) is 90.2 cm³/mol. The van der Waals surface area contributed by atoms with Crippen molar-refractivity contribution in [2.45, 2.75) is 13.0 Å². The van der Waals surface area contributed by atoms with Gasteiger partial charge in [0.05, 0.1) is 18.7 Å². The van der Waals surface area contributed by atoms with Gasteiger partial charge < -0.3 is 14.6 Å². The molecule has 0 aliphatic rings. The number of hydrogen-bond acceptors (Lipinski definition) is 3. The Morgan fingerprint density at radius 1 is 0.952 bits per heavy atom. The van der Waals surface area contributed by atoms with Crippen molar-refractivity contribution in [2.75, 3.05) is 14.2 Å². The SMILES string of the molecule is COc1cc(C(O)c2ccc(C)c(Br)c2)c(OC)cc1Br. The molecular weight excluding hydrogens is 400 g/mol. The fraction of sp³-hybridized carbons (Fsp3) is 0.250. The molecule has 5 heteroatoms. The van der Waals surface area contributed by atoms with E-state index in [0.29, 0.717) is 17.1 Å². The molecule has 2 aromatic carbocycles. The molecule has 0 amide bonds. The van der Waals surface area contributed by atoms with E-state index in [-0.39, 0.29) is 0 Å².